The summed E-state index contributed by atoms with van der Waals surface area (Å²) in [5.74, 6) is 0.106. The van der Waals surface area contributed by atoms with E-state index in [1.807, 2.05) is 78.9 Å². The van der Waals surface area contributed by atoms with E-state index in [1.165, 1.54) is 0 Å². The molecule has 1 aliphatic heterocycles. The highest BCUT2D eigenvalue weighted by molar-refractivity contribution is 5.89. The number of hydrogen-bond acceptors (Lipinski definition) is 4. The molecule has 1 heterocycles. The molecule has 0 spiro atoms. The van der Waals surface area contributed by atoms with Gasteiger partial charge in [0.1, 0.15) is 11.8 Å². The van der Waals surface area contributed by atoms with Crippen molar-refractivity contribution in [3.63, 3.8) is 0 Å². The molecule has 0 radical (unpaired) electrons. The second-order valence-corrected chi connectivity index (χ2v) is 8.30. The SMILES string of the molecule is O=C(NC[C@@H]1CCCO1)[C@@H](c1ccccc1)N(Cc1ccccc1)C(=O)COc1ccccc1. The van der Waals surface area contributed by atoms with E-state index in [2.05, 4.69) is 5.32 Å². The van der Waals surface area contributed by atoms with Crippen LogP contribution in [0.2, 0.25) is 0 Å². The zero-order valence-electron chi connectivity index (χ0n) is 19.1. The van der Waals surface area contributed by atoms with E-state index in [-0.39, 0.29) is 31.1 Å². The van der Waals surface area contributed by atoms with Crippen LogP contribution in [-0.2, 0) is 20.9 Å². The van der Waals surface area contributed by atoms with Gasteiger partial charge < -0.3 is 19.7 Å². The zero-order chi connectivity index (χ0) is 23.6. The number of carbonyl (C=O) groups is 2. The minimum Gasteiger partial charge on any atom is -0.484 e. The number of ether oxygens (including phenoxy) is 2. The van der Waals surface area contributed by atoms with Crippen molar-refractivity contribution in [2.75, 3.05) is 19.8 Å². The highest BCUT2D eigenvalue weighted by atomic mass is 16.5. The number of carbonyl (C=O) groups excluding carboxylic acids is 2. The first-order valence-electron chi connectivity index (χ1n) is 11.7. The average Bonchev–Trinajstić information content (AvgIpc) is 3.41. The summed E-state index contributed by atoms with van der Waals surface area (Å²) in [6.45, 7) is 1.26. The fourth-order valence-electron chi connectivity index (χ4n) is 4.07. The van der Waals surface area contributed by atoms with Crippen molar-refractivity contribution in [1.29, 1.82) is 0 Å². The molecule has 6 nitrogen and oxygen atoms in total. The standard InChI is InChI=1S/C28H30N2O4/c31-26(21-34-24-15-8-3-9-16-24)30(20-22-11-4-1-5-12-22)27(23-13-6-2-7-14-23)28(32)29-19-25-17-10-18-33-25/h1-9,11-16,25,27H,10,17-21H2,(H,29,32)/t25-,27+/m0/s1. The molecule has 0 saturated carbocycles. The Morgan fingerprint density at radius 1 is 0.941 bits per heavy atom. The quantitative estimate of drug-likeness (QED) is 0.496. The first-order chi connectivity index (χ1) is 16.7. The minimum atomic E-state index is -0.797. The van der Waals surface area contributed by atoms with Gasteiger partial charge in [-0.25, -0.2) is 0 Å². The van der Waals surface area contributed by atoms with Crippen LogP contribution in [0.25, 0.3) is 0 Å². The van der Waals surface area contributed by atoms with Gasteiger partial charge in [-0.05, 0) is 36.1 Å². The van der Waals surface area contributed by atoms with Crippen LogP contribution in [0.3, 0.4) is 0 Å². The Balaban J connectivity index is 1.58. The molecule has 1 fully saturated rings. The lowest BCUT2D eigenvalue weighted by Gasteiger charge is -2.32. The third-order valence-electron chi connectivity index (χ3n) is 5.82. The van der Waals surface area contributed by atoms with Gasteiger partial charge in [-0.2, -0.15) is 0 Å². The lowest BCUT2D eigenvalue weighted by Crippen LogP contribution is -2.46. The lowest BCUT2D eigenvalue weighted by molar-refractivity contribution is -0.143. The molecule has 0 aliphatic carbocycles. The zero-order valence-corrected chi connectivity index (χ0v) is 19.1. The van der Waals surface area contributed by atoms with Crippen molar-refractivity contribution >= 4 is 11.8 Å². The van der Waals surface area contributed by atoms with Crippen molar-refractivity contribution in [2.24, 2.45) is 0 Å². The van der Waals surface area contributed by atoms with E-state index >= 15 is 0 Å². The van der Waals surface area contributed by atoms with Crippen molar-refractivity contribution in [2.45, 2.75) is 31.5 Å². The van der Waals surface area contributed by atoms with Gasteiger partial charge in [0.05, 0.1) is 6.10 Å². The fourth-order valence-corrected chi connectivity index (χ4v) is 4.07. The molecule has 1 saturated heterocycles. The van der Waals surface area contributed by atoms with Crippen molar-refractivity contribution < 1.29 is 19.1 Å². The summed E-state index contributed by atoms with van der Waals surface area (Å²) < 4.78 is 11.4. The van der Waals surface area contributed by atoms with E-state index < -0.39 is 6.04 Å². The van der Waals surface area contributed by atoms with E-state index in [1.54, 1.807) is 17.0 Å². The van der Waals surface area contributed by atoms with Crippen LogP contribution in [0, 0.1) is 0 Å². The van der Waals surface area contributed by atoms with Gasteiger partial charge >= 0.3 is 0 Å². The largest absolute Gasteiger partial charge is 0.484 e. The monoisotopic (exact) mass is 458 g/mol. The molecule has 3 aromatic rings. The molecule has 2 amide bonds. The molecule has 6 heteroatoms. The topological polar surface area (TPSA) is 67.9 Å². The normalized spacial score (nSPS) is 15.9. The van der Waals surface area contributed by atoms with Crippen LogP contribution in [0.1, 0.15) is 30.0 Å². The van der Waals surface area contributed by atoms with Crippen molar-refractivity contribution in [1.82, 2.24) is 10.2 Å². The van der Waals surface area contributed by atoms with Gasteiger partial charge in [-0.3, -0.25) is 9.59 Å². The number of nitrogens with one attached hydrogen (secondary N) is 1. The molecule has 3 aromatic carbocycles. The van der Waals surface area contributed by atoms with Gasteiger partial charge in [0.2, 0.25) is 5.91 Å². The maximum absolute atomic E-state index is 13.5. The molecule has 34 heavy (non-hydrogen) atoms. The number of hydrogen-bond donors (Lipinski definition) is 1. The number of amides is 2. The smallest absolute Gasteiger partial charge is 0.261 e. The first-order valence-corrected chi connectivity index (χ1v) is 11.7. The Kier molecular flexibility index (Phi) is 8.30. The summed E-state index contributed by atoms with van der Waals surface area (Å²) >= 11 is 0. The Morgan fingerprint density at radius 2 is 1.59 bits per heavy atom. The highest BCUT2D eigenvalue weighted by Crippen LogP contribution is 2.25. The highest BCUT2D eigenvalue weighted by Gasteiger charge is 2.32. The third-order valence-corrected chi connectivity index (χ3v) is 5.82. The van der Waals surface area contributed by atoms with E-state index in [0.717, 1.165) is 30.6 Å². The predicted octanol–water partition coefficient (Wildman–Crippen LogP) is 4.13. The molecule has 0 bridgehead atoms. The lowest BCUT2D eigenvalue weighted by atomic mass is 10.0. The van der Waals surface area contributed by atoms with Crippen LogP contribution in [-0.4, -0.2) is 42.6 Å². The minimum absolute atomic E-state index is 0.0139. The van der Waals surface area contributed by atoms with Crippen LogP contribution in [0.15, 0.2) is 91.0 Å². The van der Waals surface area contributed by atoms with E-state index in [9.17, 15) is 9.59 Å². The molecular weight excluding hydrogens is 428 g/mol. The molecule has 2 atom stereocenters. The maximum Gasteiger partial charge on any atom is 0.261 e. The average molecular weight is 459 g/mol. The Labute approximate surface area is 200 Å². The number of para-hydroxylation sites is 1. The second-order valence-electron chi connectivity index (χ2n) is 8.30. The number of nitrogens with zero attached hydrogens (tertiary/aromatic N) is 1. The summed E-state index contributed by atoms with van der Waals surface area (Å²) in [6.07, 6.45) is 1.94. The first kappa shape index (κ1) is 23.5. The molecule has 4 rings (SSSR count). The van der Waals surface area contributed by atoms with Crippen LogP contribution < -0.4 is 10.1 Å². The van der Waals surface area contributed by atoms with Crippen LogP contribution >= 0.6 is 0 Å². The van der Waals surface area contributed by atoms with E-state index in [0.29, 0.717) is 12.3 Å². The van der Waals surface area contributed by atoms with E-state index in [4.69, 9.17) is 9.47 Å². The summed E-state index contributed by atoms with van der Waals surface area (Å²) in [4.78, 5) is 28.6. The van der Waals surface area contributed by atoms with Gasteiger partial charge in [0, 0.05) is 19.7 Å². The maximum atomic E-state index is 13.5. The third kappa shape index (κ3) is 6.45. The van der Waals surface area contributed by atoms with Gasteiger partial charge in [-0.15, -0.1) is 0 Å². The number of benzene rings is 3. The second kappa shape index (κ2) is 12.0. The fraction of sp³-hybridized carbons (Fsp3) is 0.286. The molecule has 1 aliphatic rings. The molecule has 176 valence electrons. The Hall–Kier alpha value is -3.64. The Bertz CT molecular complexity index is 1040. The predicted molar refractivity (Wildman–Crippen MR) is 130 cm³/mol. The summed E-state index contributed by atoms with van der Waals surface area (Å²) in [6, 6.07) is 27.5. The molecule has 1 N–H and O–H groups in total. The van der Waals surface area contributed by atoms with Crippen molar-refractivity contribution in [3.8, 4) is 5.75 Å². The molecule has 0 unspecified atom stereocenters. The van der Waals surface area contributed by atoms with Gasteiger partial charge in [0.15, 0.2) is 6.61 Å². The van der Waals surface area contributed by atoms with Gasteiger partial charge in [-0.1, -0.05) is 78.9 Å². The summed E-state index contributed by atoms with van der Waals surface area (Å²) in [5, 5.41) is 3.02. The summed E-state index contributed by atoms with van der Waals surface area (Å²) in [7, 11) is 0. The Morgan fingerprint density at radius 3 is 2.24 bits per heavy atom. The summed E-state index contributed by atoms with van der Waals surface area (Å²) in [5.41, 5.74) is 1.68. The van der Waals surface area contributed by atoms with Crippen LogP contribution in [0.4, 0.5) is 0 Å². The van der Waals surface area contributed by atoms with Crippen LogP contribution in [0.5, 0.6) is 5.75 Å². The molecular formula is C28H30N2O4. The van der Waals surface area contributed by atoms with Gasteiger partial charge in [0.25, 0.3) is 5.91 Å². The molecule has 0 aromatic heterocycles. The van der Waals surface area contributed by atoms with Crippen molar-refractivity contribution in [3.05, 3.63) is 102 Å². The number of rotatable bonds is 10.